The van der Waals surface area contributed by atoms with Crippen molar-refractivity contribution in [2.24, 2.45) is 5.92 Å². The summed E-state index contributed by atoms with van der Waals surface area (Å²) in [7, 11) is 0. The van der Waals surface area contributed by atoms with Crippen LogP contribution in [-0.2, 0) is 6.42 Å². The molecule has 0 spiro atoms. The molecule has 0 aliphatic heterocycles. The van der Waals surface area contributed by atoms with Gasteiger partial charge in [0, 0.05) is 12.2 Å². The molecule has 1 rings (SSSR count). The third-order valence-electron chi connectivity index (χ3n) is 3.47. The van der Waals surface area contributed by atoms with Crippen LogP contribution >= 0.6 is 0 Å². The first-order valence-electron chi connectivity index (χ1n) is 7.12. The summed E-state index contributed by atoms with van der Waals surface area (Å²) in [5.74, 6) is 0.820. The highest BCUT2D eigenvalue weighted by Crippen LogP contribution is 2.16. The van der Waals surface area contributed by atoms with Crippen LogP contribution in [0.25, 0.3) is 0 Å². The van der Waals surface area contributed by atoms with Crippen LogP contribution in [0.15, 0.2) is 24.3 Å². The van der Waals surface area contributed by atoms with Crippen LogP contribution in [0.1, 0.15) is 52.0 Å². The van der Waals surface area contributed by atoms with Crippen molar-refractivity contribution in [1.82, 2.24) is 0 Å². The SMILES string of the molecule is CCCCC(CC)CNc1cccc(CC)c1. The van der Waals surface area contributed by atoms with Crippen molar-refractivity contribution in [2.75, 3.05) is 11.9 Å². The maximum atomic E-state index is 3.58. The molecular weight excluding hydrogens is 206 g/mol. The lowest BCUT2D eigenvalue weighted by Crippen LogP contribution is -2.13. The van der Waals surface area contributed by atoms with Crippen LogP contribution < -0.4 is 5.32 Å². The van der Waals surface area contributed by atoms with E-state index in [1.807, 2.05) is 0 Å². The van der Waals surface area contributed by atoms with Gasteiger partial charge < -0.3 is 5.32 Å². The van der Waals surface area contributed by atoms with E-state index in [1.165, 1.54) is 36.9 Å². The Hall–Kier alpha value is -0.980. The summed E-state index contributed by atoms with van der Waals surface area (Å²) in [5, 5.41) is 3.58. The zero-order valence-corrected chi connectivity index (χ0v) is 11.6. The number of hydrogen-bond acceptors (Lipinski definition) is 1. The van der Waals surface area contributed by atoms with Gasteiger partial charge in [0.25, 0.3) is 0 Å². The fourth-order valence-corrected chi connectivity index (χ4v) is 2.11. The van der Waals surface area contributed by atoms with Crippen molar-refractivity contribution in [1.29, 1.82) is 0 Å². The van der Waals surface area contributed by atoms with Gasteiger partial charge in [-0.1, -0.05) is 52.2 Å². The van der Waals surface area contributed by atoms with E-state index in [-0.39, 0.29) is 0 Å². The lowest BCUT2D eigenvalue weighted by atomic mass is 9.99. The Balaban J connectivity index is 2.41. The van der Waals surface area contributed by atoms with Gasteiger partial charge >= 0.3 is 0 Å². The molecule has 0 bridgehead atoms. The van der Waals surface area contributed by atoms with E-state index in [2.05, 4.69) is 50.4 Å². The van der Waals surface area contributed by atoms with E-state index in [4.69, 9.17) is 0 Å². The average molecular weight is 233 g/mol. The summed E-state index contributed by atoms with van der Waals surface area (Å²) in [4.78, 5) is 0. The highest BCUT2D eigenvalue weighted by molar-refractivity contribution is 5.45. The molecule has 1 aromatic carbocycles. The normalized spacial score (nSPS) is 12.4. The number of unbranched alkanes of at least 4 members (excludes halogenated alkanes) is 1. The summed E-state index contributed by atoms with van der Waals surface area (Å²) in [6, 6.07) is 8.78. The number of aryl methyl sites for hydroxylation is 1. The first kappa shape index (κ1) is 14.1. The molecule has 1 nitrogen and oxygen atoms in total. The summed E-state index contributed by atoms with van der Waals surface area (Å²) < 4.78 is 0. The Morgan fingerprint density at radius 2 is 2.00 bits per heavy atom. The molecule has 0 radical (unpaired) electrons. The minimum atomic E-state index is 0.820. The Labute approximate surface area is 107 Å². The van der Waals surface area contributed by atoms with Gasteiger partial charge in [-0.2, -0.15) is 0 Å². The Kier molecular flexibility index (Phi) is 6.76. The predicted molar refractivity (Wildman–Crippen MR) is 77.6 cm³/mol. The summed E-state index contributed by atoms with van der Waals surface area (Å²) in [5.41, 5.74) is 2.69. The maximum absolute atomic E-state index is 3.58. The van der Waals surface area contributed by atoms with Gasteiger partial charge in [0.15, 0.2) is 0 Å². The number of nitrogens with one attached hydrogen (secondary N) is 1. The number of hydrogen-bond donors (Lipinski definition) is 1. The van der Waals surface area contributed by atoms with Crippen molar-refractivity contribution < 1.29 is 0 Å². The molecule has 1 atom stereocenters. The second kappa shape index (κ2) is 8.16. The standard InChI is InChI=1S/C16H27N/c1-4-7-9-15(6-3)13-17-16-11-8-10-14(5-2)12-16/h8,10-12,15,17H,4-7,9,13H2,1-3H3. The molecule has 1 N–H and O–H groups in total. The summed E-state index contributed by atoms with van der Waals surface area (Å²) in [6.07, 6.45) is 6.41. The molecule has 0 saturated heterocycles. The van der Waals surface area contributed by atoms with E-state index in [0.29, 0.717) is 0 Å². The van der Waals surface area contributed by atoms with Gasteiger partial charge in [-0.05, 0) is 36.5 Å². The Morgan fingerprint density at radius 3 is 2.65 bits per heavy atom. The van der Waals surface area contributed by atoms with Crippen molar-refractivity contribution >= 4 is 5.69 Å². The summed E-state index contributed by atoms with van der Waals surface area (Å²) in [6.45, 7) is 7.88. The molecule has 1 unspecified atom stereocenters. The molecule has 0 fully saturated rings. The number of benzene rings is 1. The van der Waals surface area contributed by atoms with Gasteiger partial charge in [0.1, 0.15) is 0 Å². The third kappa shape index (κ3) is 5.25. The summed E-state index contributed by atoms with van der Waals surface area (Å²) >= 11 is 0. The Morgan fingerprint density at radius 1 is 1.18 bits per heavy atom. The minimum absolute atomic E-state index is 0.820. The lowest BCUT2D eigenvalue weighted by Gasteiger charge is -2.16. The van der Waals surface area contributed by atoms with Gasteiger partial charge in [0.2, 0.25) is 0 Å². The van der Waals surface area contributed by atoms with E-state index in [1.54, 1.807) is 0 Å². The Bertz CT molecular complexity index is 306. The topological polar surface area (TPSA) is 12.0 Å². The monoisotopic (exact) mass is 233 g/mol. The molecule has 0 amide bonds. The minimum Gasteiger partial charge on any atom is -0.385 e. The number of anilines is 1. The largest absolute Gasteiger partial charge is 0.385 e. The molecule has 0 saturated carbocycles. The fourth-order valence-electron chi connectivity index (χ4n) is 2.11. The molecule has 17 heavy (non-hydrogen) atoms. The maximum Gasteiger partial charge on any atom is 0.0342 e. The van der Waals surface area contributed by atoms with Crippen molar-refractivity contribution in [3.63, 3.8) is 0 Å². The van der Waals surface area contributed by atoms with Crippen LogP contribution in [0.4, 0.5) is 5.69 Å². The molecule has 0 aromatic heterocycles. The third-order valence-corrected chi connectivity index (χ3v) is 3.47. The first-order valence-corrected chi connectivity index (χ1v) is 7.12. The van der Waals surface area contributed by atoms with E-state index in [9.17, 15) is 0 Å². The zero-order valence-electron chi connectivity index (χ0n) is 11.6. The second-order valence-electron chi connectivity index (χ2n) is 4.85. The van der Waals surface area contributed by atoms with Crippen LogP contribution in [0.3, 0.4) is 0 Å². The quantitative estimate of drug-likeness (QED) is 0.675. The van der Waals surface area contributed by atoms with E-state index in [0.717, 1.165) is 18.9 Å². The lowest BCUT2D eigenvalue weighted by molar-refractivity contribution is 0.473. The molecular formula is C16H27N. The van der Waals surface area contributed by atoms with Crippen LogP contribution in [-0.4, -0.2) is 6.54 Å². The van der Waals surface area contributed by atoms with Gasteiger partial charge in [-0.3, -0.25) is 0 Å². The predicted octanol–water partition coefficient (Wildman–Crippen LogP) is 4.88. The van der Waals surface area contributed by atoms with E-state index < -0.39 is 0 Å². The van der Waals surface area contributed by atoms with Gasteiger partial charge in [-0.25, -0.2) is 0 Å². The van der Waals surface area contributed by atoms with Crippen molar-refractivity contribution in [3.05, 3.63) is 29.8 Å². The molecule has 1 heteroatoms. The molecule has 0 aliphatic carbocycles. The van der Waals surface area contributed by atoms with Crippen LogP contribution in [0.5, 0.6) is 0 Å². The average Bonchev–Trinajstić information content (AvgIpc) is 2.39. The molecule has 0 heterocycles. The molecule has 1 aromatic rings. The second-order valence-corrected chi connectivity index (χ2v) is 4.85. The van der Waals surface area contributed by atoms with Gasteiger partial charge in [0.05, 0.1) is 0 Å². The van der Waals surface area contributed by atoms with Crippen LogP contribution in [0.2, 0.25) is 0 Å². The van der Waals surface area contributed by atoms with Crippen molar-refractivity contribution in [2.45, 2.75) is 52.9 Å². The highest BCUT2D eigenvalue weighted by Gasteiger charge is 2.05. The number of rotatable bonds is 8. The van der Waals surface area contributed by atoms with Crippen molar-refractivity contribution in [3.8, 4) is 0 Å². The van der Waals surface area contributed by atoms with Gasteiger partial charge in [-0.15, -0.1) is 0 Å². The molecule has 96 valence electrons. The molecule has 0 aliphatic rings. The highest BCUT2D eigenvalue weighted by atomic mass is 14.9. The van der Waals surface area contributed by atoms with E-state index >= 15 is 0 Å². The fraction of sp³-hybridized carbons (Fsp3) is 0.625. The smallest absolute Gasteiger partial charge is 0.0342 e. The first-order chi connectivity index (χ1) is 8.30. The zero-order chi connectivity index (χ0) is 12.5. The van der Waals surface area contributed by atoms with Crippen LogP contribution in [0, 0.1) is 5.92 Å².